The number of epoxide rings is 1. The van der Waals surface area contributed by atoms with Gasteiger partial charge in [0.1, 0.15) is 17.8 Å². The standard InChI is InChI=1S/C28H38O7/c1-15(29)33-20-13-18-24(2,3)19(30)8-10-25(18,4)17-7-11-26(5)21(16-9-12-32-14-16)34-23(31)22-28(26,35-22)27(17,20)6/h8-10,12,14,17-23,30-31H,7,11,13H2,1-6H3/t17-,18+,19?,20-,21-,22-,23?,25-,26+,27+,28-/m1/s1. The molecule has 4 fully saturated rings. The number of carbonyl (C=O) groups is 1. The summed E-state index contributed by atoms with van der Waals surface area (Å²) in [5.41, 5.74) is -1.48. The first-order chi connectivity index (χ1) is 16.3. The Balaban J connectivity index is 1.54. The third kappa shape index (κ3) is 2.63. The molecule has 1 aromatic rings. The predicted molar refractivity (Wildman–Crippen MR) is 126 cm³/mol. The van der Waals surface area contributed by atoms with E-state index in [-0.39, 0.29) is 28.6 Å². The molecule has 0 radical (unpaired) electrons. The number of hydrogen-bond donors (Lipinski definition) is 2. The molecule has 5 aliphatic rings. The number of allylic oxidation sites excluding steroid dienone is 1. The van der Waals surface area contributed by atoms with Crippen LogP contribution in [0.5, 0.6) is 0 Å². The smallest absolute Gasteiger partial charge is 0.302 e. The van der Waals surface area contributed by atoms with Gasteiger partial charge in [-0.15, -0.1) is 0 Å². The number of furan rings is 1. The zero-order valence-corrected chi connectivity index (χ0v) is 21.5. The molecular weight excluding hydrogens is 448 g/mol. The van der Waals surface area contributed by atoms with Gasteiger partial charge in [0.2, 0.25) is 0 Å². The topological polar surface area (TPSA) is 102 Å². The lowest BCUT2D eigenvalue weighted by molar-refractivity contribution is -0.282. The van der Waals surface area contributed by atoms with E-state index in [9.17, 15) is 15.0 Å². The number of rotatable bonds is 2. The molecule has 0 aromatic carbocycles. The summed E-state index contributed by atoms with van der Waals surface area (Å²) in [6.07, 6.45) is 6.86. The van der Waals surface area contributed by atoms with Gasteiger partial charge in [0.25, 0.3) is 0 Å². The van der Waals surface area contributed by atoms with E-state index in [0.717, 1.165) is 18.4 Å². The van der Waals surface area contributed by atoms with Crippen molar-refractivity contribution in [3.05, 3.63) is 36.3 Å². The highest BCUT2D eigenvalue weighted by Gasteiger charge is 2.87. The molecule has 7 heteroatoms. The molecule has 0 amide bonds. The minimum atomic E-state index is -1.08. The average molecular weight is 487 g/mol. The Hall–Kier alpha value is -1.67. The summed E-state index contributed by atoms with van der Waals surface area (Å²) in [4.78, 5) is 12.5. The lowest BCUT2D eigenvalue weighted by Gasteiger charge is -2.69. The highest BCUT2D eigenvalue weighted by molar-refractivity contribution is 5.66. The number of ether oxygens (including phenoxy) is 3. The highest BCUT2D eigenvalue weighted by atomic mass is 16.7. The lowest BCUT2D eigenvalue weighted by Crippen LogP contribution is -2.73. The third-order valence-electron chi connectivity index (χ3n) is 11.2. The van der Waals surface area contributed by atoms with Crippen molar-refractivity contribution in [2.24, 2.45) is 33.5 Å². The summed E-state index contributed by atoms with van der Waals surface area (Å²) in [7, 11) is 0. The Labute approximate surface area is 206 Å². The van der Waals surface area contributed by atoms with E-state index in [1.807, 2.05) is 12.1 Å². The van der Waals surface area contributed by atoms with Crippen molar-refractivity contribution >= 4 is 5.97 Å². The van der Waals surface area contributed by atoms with Crippen LogP contribution in [0.4, 0.5) is 0 Å². The molecule has 35 heavy (non-hydrogen) atoms. The van der Waals surface area contributed by atoms with Crippen LogP contribution in [0.2, 0.25) is 0 Å². The maximum atomic E-state index is 12.5. The van der Waals surface area contributed by atoms with E-state index >= 15 is 0 Å². The quantitative estimate of drug-likeness (QED) is 0.368. The van der Waals surface area contributed by atoms with Crippen molar-refractivity contribution in [3.8, 4) is 0 Å². The Morgan fingerprint density at radius 3 is 2.54 bits per heavy atom. The molecule has 3 aliphatic carbocycles. The van der Waals surface area contributed by atoms with Crippen molar-refractivity contribution in [1.82, 2.24) is 0 Å². The maximum absolute atomic E-state index is 12.5. The Morgan fingerprint density at radius 1 is 1.14 bits per heavy atom. The molecule has 7 nitrogen and oxygen atoms in total. The van der Waals surface area contributed by atoms with Crippen LogP contribution < -0.4 is 0 Å². The number of hydrogen-bond acceptors (Lipinski definition) is 7. The highest BCUT2D eigenvalue weighted by Crippen LogP contribution is 2.80. The molecule has 3 heterocycles. The van der Waals surface area contributed by atoms with Crippen molar-refractivity contribution in [3.63, 3.8) is 0 Å². The summed E-state index contributed by atoms with van der Waals surface area (Å²) < 4.78 is 24.4. The zero-order valence-electron chi connectivity index (χ0n) is 21.5. The third-order valence-corrected chi connectivity index (χ3v) is 11.2. The number of esters is 1. The number of carbonyl (C=O) groups excluding carboxylic acids is 1. The Bertz CT molecular complexity index is 1060. The van der Waals surface area contributed by atoms with E-state index in [2.05, 4.69) is 40.7 Å². The summed E-state index contributed by atoms with van der Waals surface area (Å²) in [6.45, 7) is 12.4. The van der Waals surface area contributed by atoms with Gasteiger partial charge >= 0.3 is 5.97 Å². The van der Waals surface area contributed by atoms with Crippen LogP contribution in [0.25, 0.3) is 0 Å². The number of aliphatic hydroxyl groups is 2. The van der Waals surface area contributed by atoms with Crippen molar-refractivity contribution < 1.29 is 33.6 Å². The van der Waals surface area contributed by atoms with Gasteiger partial charge in [0.05, 0.1) is 24.7 Å². The van der Waals surface area contributed by atoms with Crippen LogP contribution in [-0.2, 0) is 19.0 Å². The van der Waals surface area contributed by atoms with E-state index in [1.54, 1.807) is 12.5 Å². The fraction of sp³-hybridized carbons (Fsp3) is 0.750. The molecule has 11 atom stereocenters. The average Bonchev–Trinajstić information content (AvgIpc) is 3.35. The van der Waals surface area contributed by atoms with Gasteiger partial charge in [-0.25, -0.2) is 0 Å². The predicted octanol–water partition coefficient (Wildman–Crippen LogP) is 4.14. The first kappa shape index (κ1) is 23.7. The maximum Gasteiger partial charge on any atom is 0.302 e. The molecule has 0 bridgehead atoms. The first-order valence-electron chi connectivity index (χ1n) is 12.9. The summed E-state index contributed by atoms with van der Waals surface area (Å²) in [5.74, 6) is -0.0810. The molecule has 192 valence electrons. The van der Waals surface area contributed by atoms with Gasteiger partial charge in [-0.1, -0.05) is 46.8 Å². The second-order valence-corrected chi connectivity index (χ2v) is 12.9. The minimum Gasteiger partial charge on any atom is -0.472 e. The van der Waals surface area contributed by atoms with Crippen LogP contribution in [0.15, 0.2) is 35.2 Å². The van der Waals surface area contributed by atoms with Crippen molar-refractivity contribution in [2.45, 2.75) is 97.1 Å². The van der Waals surface area contributed by atoms with Gasteiger partial charge in [-0.05, 0) is 48.0 Å². The molecule has 2 unspecified atom stereocenters. The molecule has 1 aromatic heterocycles. The molecule has 2 saturated carbocycles. The van der Waals surface area contributed by atoms with Gasteiger partial charge in [-0.3, -0.25) is 4.79 Å². The van der Waals surface area contributed by atoms with Crippen LogP contribution in [-0.4, -0.2) is 46.4 Å². The van der Waals surface area contributed by atoms with Crippen LogP contribution in [0, 0.1) is 33.5 Å². The summed E-state index contributed by atoms with van der Waals surface area (Å²) in [5, 5.41) is 22.0. The number of fused-ring (bicyclic) bond motifs is 3. The van der Waals surface area contributed by atoms with E-state index in [0.29, 0.717) is 6.42 Å². The Kier molecular flexibility index (Phi) is 4.74. The van der Waals surface area contributed by atoms with Gasteiger partial charge < -0.3 is 28.8 Å². The van der Waals surface area contributed by atoms with Gasteiger partial charge in [-0.2, -0.15) is 0 Å². The van der Waals surface area contributed by atoms with Crippen LogP contribution >= 0.6 is 0 Å². The van der Waals surface area contributed by atoms with Crippen LogP contribution in [0.3, 0.4) is 0 Å². The summed E-state index contributed by atoms with van der Waals surface area (Å²) in [6, 6.07) is 1.89. The number of aliphatic hydroxyl groups excluding tert-OH is 2. The van der Waals surface area contributed by atoms with E-state index in [1.165, 1.54) is 6.92 Å². The summed E-state index contributed by atoms with van der Waals surface area (Å²) >= 11 is 0. The largest absolute Gasteiger partial charge is 0.472 e. The van der Waals surface area contributed by atoms with Gasteiger partial charge in [0, 0.05) is 23.3 Å². The first-order valence-corrected chi connectivity index (χ1v) is 12.9. The normalized spacial score (nSPS) is 53.5. The Morgan fingerprint density at radius 2 is 1.89 bits per heavy atom. The van der Waals surface area contributed by atoms with E-state index < -0.39 is 47.1 Å². The second kappa shape index (κ2) is 7.00. The molecule has 6 rings (SSSR count). The minimum absolute atomic E-state index is 0.116. The molecule has 2 aliphatic heterocycles. The van der Waals surface area contributed by atoms with Crippen LogP contribution in [0.1, 0.15) is 72.5 Å². The fourth-order valence-corrected chi connectivity index (χ4v) is 9.52. The second-order valence-electron chi connectivity index (χ2n) is 12.9. The molecule has 2 saturated heterocycles. The lowest BCUT2D eigenvalue weighted by atomic mass is 9.35. The molecular formula is C28H38O7. The van der Waals surface area contributed by atoms with Gasteiger partial charge in [0.15, 0.2) is 6.29 Å². The monoisotopic (exact) mass is 486 g/mol. The molecule has 2 N–H and O–H groups in total. The van der Waals surface area contributed by atoms with Crippen molar-refractivity contribution in [2.75, 3.05) is 0 Å². The SMILES string of the molecule is CC(=O)O[C@@H]1C[C@H]2C(C)(C)C(O)C=C[C@]2(C)[C@H]2CC[C@@]3(C)[C@@H](c4ccoc4)OC(O)[C@H]4O[C@]43[C@@]21C. The van der Waals surface area contributed by atoms with E-state index in [4.69, 9.17) is 18.6 Å². The molecule has 1 spiro atoms. The fourth-order valence-electron chi connectivity index (χ4n) is 9.52. The zero-order chi connectivity index (χ0) is 25.2. The van der Waals surface area contributed by atoms with Crippen molar-refractivity contribution in [1.29, 1.82) is 0 Å².